The molecule has 82 valence electrons. The molecule has 1 nitrogen and oxygen atoms in total. The van der Waals surface area contributed by atoms with Crippen LogP contribution in [0.1, 0.15) is 22.8 Å². The minimum absolute atomic E-state index is 0.0515. The molecule has 15 heavy (non-hydrogen) atoms. The van der Waals surface area contributed by atoms with Crippen molar-refractivity contribution in [2.75, 3.05) is 0 Å². The molecule has 0 bridgehead atoms. The highest BCUT2D eigenvalue weighted by atomic mass is 127. The molecule has 0 amide bonds. The van der Waals surface area contributed by atoms with Gasteiger partial charge in [-0.05, 0) is 41.6 Å². The predicted molar refractivity (Wildman–Crippen MR) is 61.9 cm³/mol. The number of alkyl halides is 3. The van der Waals surface area contributed by atoms with Crippen LogP contribution in [0.3, 0.4) is 0 Å². The molecule has 1 aromatic carbocycles. The van der Waals surface area contributed by atoms with Gasteiger partial charge in [-0.3, -0.25) is 4.79 Å². The molecule has 0 N–H and O–H groups in total. The Labute approximate surface area is 106 Å². The molecule has 0 aliphatic carbocycles. The minimum Gasteiger partial charge on any atom is -0.294 e. The van der Waals surface area contributed by atoms with Crippen molar-refractivity contribution in [3.63, 3.8) is 0 Å². The Bertz CT molecular complexity index is 415. The van der Waals surface area contributed by atoms with Gasteiger partial charge in [0.2, 0.25) is 0 Å². The lowest BCUT2D eigenvalue weighted by atomic mass is 10.1. The third-order valence-corrected chi connectivity index (χ3v) is 3.54. The van der Waals surface area contributed by atoms with Gasteiger partial charge < -0.3 is 0 Å². The maximum Gasteiger partial charge on any atom is 0.418 e. The molecule has 1 rings (SSSR count). The van der Waals surface area contributed by atoms with Crippen LogP contribution >= 0.6 is 38.5 Å². The maximum atomic E-state index is 12.6. The van der Waals surface area contributed by atoms with E-state index in [0.29, 0.717) is 0 Å². The molecule has 0 aliphatic rings. The number of rotatable bonds is 1. The lowest BCUT2D eigenvalue weighted by Crippen LogP contribution is -2.11. The van der Waals surface area contributed by atoms with Gasteiger partial charge in [-0.2, -0.15) is 13.2 Å². The molecule has 0 unspecified atom stereocenters. The second kappa shape index (κ2) is 4.40. The zero-order valence-electron chi connectivity index (χ0n) is 7.45. The van der Waals surface area contributed by atoms with Gasteiger partial charge in [0.05, 0.1) is 5.56 Å². The van der Waals surface area contributed by atoms with Gasteiger partial charge in [0.1, 0.15) is 0 Å². The van der Waals surface area contributed by atoms with Gasteiger partial charge in [-0.1, -0.05) is 15.9 Å². The van der Waals surface area contributed by atoms with Gasteiger partial charge in [0, 0.05) is 13.6 Å². The summed E-state index contributed by atoms with van der Waals surface area (Å²) in [6.07, 6.45) is -4.46. The fourth-order valence-corrected chi connectivity index (χ4v) is 3.17. The molecule has 0 saturated heterocycles. The summed E-state index contributed by atoms with van der Waals surface area (Å²) in [6, 6.07) is 2.62. The summed E-state index contributed by atoms with van der Waals surface area (Å²) in [5.74, 6) is -0.377. The van der Waals surface area contributed by atoms with Crippen molar-refractivity contribution < 1.29 is 18.0 Å². The summed E-state index contributed by atoms with van der Waals surface area (Å²) in [7, 11) is 0. The lowest BCUT2D eigenvalue weighted by molar-refractivity contribution is -0.138. The van der Waals surface area contributed by atoms with Gasteiger partial charge >= 0.3 is 6.18 Å². The first-order valence-electron chi connectivity index (χ1n) is 3.81. The Hall–Kier alpha value is -0.110. The summed E-state index contributed by atoms with van der Waals surface area (Å²) < 4.78 is 37.7. The Morgan fingerprint density at radius 1 is 1.40 bits per heavy atom. The maximum absolute atomic E-state index is 12.6. The van der Waals surface area contributed by atoms with Crippen molar-refractivity contribution in [2.24, 2.45) is 0 Å². The van der Waals surface area contributed by atoms with E-state index in [1.165, 1.54) is 41.6 Å². The second-order valence-electron chi connectivity index (χ2n) is 2.84. The monoisotopic (exact) mass is 392 g/mol. The number of carbonyl (C=O) groups excluding carboxylic acids is 1. The van der Waals surface area contributed by atoms with Crippen molar-refractivity contribution >= 4 is 44.3 Å². The summed E-state index contributed by atoms with van der Waals surface area (Å²) in [5, 5.41) is 0. The standard InChI is InChI=1S/C9H5BrF3IO/c1-4(15)5-2-3-6(10)7(8(5)14)9(11,12)13/h2-3H,1H3. The van der Waals surface area contributed by atoms with Crippen LogP contribution in [0.25, 0.3) is 0 Å². The van der Waals surface area contributed by atoms with Crippen LogP contribution in [0.2, 0.25) is 0 Å². The lowest BCUT2D eigenvalue weighted by Gasteiger charge is -2.13. The van der Waals surface area contributed by atoms with Gasteiger partial charge in [0.15, 0.2) is 5.78 Å². The molecule has 0 radical (unpaired) electrons. The van der Waals surface area contributed by atoms with E-state index in [4.69, 9.17) is 0 Å². The first kappa shape index (κ1) is 13.0. The van der Waals surface area contributed by atoms with Crippen molar-refractivity contribution in [3.8, 4) is 0 Å². The fourth-order valence-electron chi connectivity index (χ4n) is 1.08. The summed E-state index contributed by atoms with van der Waals surface area (Å²) in [5.41, 5.74) is -0.707. The largest absolute Gasteiger partial charge is 0.418 e. The molecule has 0 fully saturated rings. The Kier molecular flexibility index (Phi) is 3.80. The minimum atomic E-state index is -4.46. The van der Waals surface area contributed by atoms with E-state index < -0.39 is 11.7 Å². The van der Waals surface area contributed by atoms with Crippen molar-refractivity contribution in [1.29, 1.82) is 0 Å². The summed E-state index contributed by atoms with van der Waals surface area (Å²) in [6.45, 7) is 1.24. The molecule has 0 heterocycles. The van der Waals surface area contributed by atoms with Crippen LogP contribution in [0.5, 0.6) is 0 Å². The van der Waals surface area contributed by atoms with Crippen LogP contribution in [0.15, 0.2) is 16.6 Å². The van der Waals surface area contributed by atoms with Crippen LogP contribution < -0.4 is 0 Å². The highest BCUT2D eigenvalue weighted by molar-refractivity contribution is 14.1. The normalized spacial score (nSPS) is 11.6. The second-order valence-corrected chi connectivity index (χ2v) is 4.77. The molecule has 0 aromatic heterocycles. The highest BCUT2D eigenvalue weighted by Crippen LogP contribution is 2.39. The number of Topliss-reactive ketones (excluding diaryl/α,β-unsaturated/α-hetero) is 1. The Morgan fingerprint density at radius 2 is 1.93 bits per heavy atom. The quantitative estimate of drug-likeness (QED) is 0.515. The number of hydrogen-bond acceptors (Lipinski definition) is 1. The molecule has 0 aliphatic heterocycles. The molecule has 0 spiro atoms. The van der Waals surface area contributed by atoms with Crippen LogP contribution in [0, 0.1) is 3.57 Å². The van der Waals surface area contributed by atoms with E-state index >= 15 is 0 Å². The SMILES string of the molecule is CC(=O)c1ccc(Br)c(C(F)(F)F)c1I. The number of benzene rings is 1. The van der Waals surface area contributed by atoms with E-state index in [0.717, 1.165) is 0 Å². The first-order chi connectivity index (χ1) is 6.75. The number of hydrogen-bond donors (Lipinski definition) is 0. The van der Waals surface area contributed by atoms with Crippen molar-refractivity contribution in [3.05, 3.63) is 31.3 Å². The van der Waals surface area contributed by atoms with E-state index in [2.05, 4.69) is 15.9 Å². The first-order valence-corrected chi connectivity index (χ1v) is 5.68. The van der Waals surface area contributed by atoms with E-state index in [1.807, 2.05) is 0 Å². The Balaban J connectivity index is 3.51. The number of halogens is 5. The molecule has 0 saturated carbocycles. The molecule has 0 atom stereocenters. The fraction of sp³-hybridized carbons (Fsp3) is 0.222. The van der Waals surface area contributed by atoms with Gasteiger partial charge in [-0.15, -0.1) is 0 Å². The van der Waals surface area contributed by atoms with Crippen LogP contribution in [-0.2, 0) is 6.18 Å². The van der Waals surface area contributed by atoms with Crippen LogP contribution in [-0.4, -0.2) is 5.78 Å². The number of carbonyl (C=O) groups is 1. The third-order valence-electron chi connectivity index (χ3n) is 1.75. The smallest absolute Gasteiger partial charge is 0.294 e. The molecule has 6 heteroatoms. The highest BCUT2D eigenvalue weighted by Gasteiger charge is 2.36. The van der Waals surface area contributed by atoms with E-state index in [9.17, 15) is 18.0 Å². The number of ketones is 1. The van der Waals surface area contributed by atoms with Gasteiger partial charge in [0.25, 0.3) is 0 Å². The van der Waals surface area contributed by atoms with Crippen molar-refractivity contribution in [2.45, 2.75) is 13.1 Å². The van der Waals surface area contributed by atoms with Gasteiger partial charge in [-0.25, -0.2) is 0 Å². The zero-order chi connectivity index (χ0) is 11.8. The third kappa shape index (κ3) is 2.72. The van der Waals surface area contributed by atoms with E-state index in [1.54, 1.807) is 0 Å². The zero-order valence-corrected chi connectivity index (χ0v) is 11.2. The van der Waals surface area contributed by atoms with Crippen LogP contribution in [0.4, 0.5) is 13.2 Å². The molecular weight excluding hydrogens is 388 g/mol. The topological polar surface area (TPSA) is 17.1 Å². The average Bonchev–Trinajstić information content (AvgIpc) is 2.00. The summed E-state index contributed by atoms with van der Waals surface area (Å²) in [4.78, 5) is 11.1. The average molecular weight is 393 g/mol. The predicted octanol–water partition coefficient (Wildman–Crippen LogP) is 4.28. The van der Waals surface area contributed by atoms with Crippen molar-refractivity contribution in [1.82, 2.24) is 0 Å². The Morgan fingerprint density at radius 3 is 2.33 bits per heavy atom. The molecular formula is C9H5BrF3IO. The molecule has 1 aromatic rings. The van der Waals surface area contributed by atoms with E-state index in [-0.39, 0.29) is 19.4 Å². The summed E-state index contributed by atoms with van der Waals surface area (Å²) >= 11 is 4.37.